The Hall–Kier alpha value is -2.15. The van der Waals surface area contributed by atoms with Gasteiger partial charge < -0.3 is 4.74 Å². The van der Waals surface area contributed by atoms with Crippen LogP contribution in [0.1, 0.15) is 33.1 Å². The summed E-state index contributed by atoms with van der Waals surface area (Å²) in [5.74, 6) is 6.69. The molecule has 0 bridgehead atoms. The van der Waals surface area contributed by atoms with Crippen LogP contribution in [0.5, 0.6) is 5.88 Å². The molecule has 0 saturated heterocycles. The second-order valence-corrected chi connectivity index (χ2v) is 6.48. The molecule has 0 atom stereocenters. The number of hydrogen-bond acceptors (Lipinski definition) is 7. The van der Waals surface area contributed by atoms with Crippen molar-refractivity contribution in [1.82, 2.24) is 14.5 Å². The summed E-state index contributed by atoms with van der Waals surface area (Å²) in [5, 5.41) is 18.6. The lowest BCUT2D eigenvalue weighted by Crippen LogP contribution is -2.31. The van der Waals surface area contributed by atoms with Crippen LogP contribution >= 0.6 is 0 Å². The normalized spacial score (nSPS) is 13.0. The summed E-state index contributed by atoms with van der Waals surface area (Å²) in [6.45, 7) is 8.10. The van der Waals surface area contributed by atoms with Gasteiger partial charge in [-0.15, -0.1) is 11.0 Å². The molecule has 8 heteroatoms. The van der Waals surface area contributed by atoms with Crippen LogP contribution in [0.3, 0.4) is 0 Å². The van der Waals surface area contributed by atoms with E-state index in [1.165, 1.54) is 32.4 Å². The van der Waals surface area contributed by atoms with Crippen LogP contribution in [0.25, 0.3) is 5.52 Å². The fourth-order valence-electron chi connectivity index (χ4n) is 2.69. The van der Waals surface area contributed by atoms with Crippen molar-refractivity contribution < 1.29 is 25.0 Å². The van der Waals surface area contributed by atoms with Gasteiger partial charge in [-0.05, 0) is 60.9 Å². The first-order valence-corrected chi connectivity index (χ1v) is 9.55. The second kappa shape index (κ2) is 13.1. The third kappa shape index (κ3) is 8.69. The van der Waals surface area contributed by atoms with Crippen LogP contribution in [0, 0.1) is 17.8 Å². The molecule has 1 N–H and O–H groups in total. The van der Waals surface area contributed by atoms with Gasteiger partial charge in [0.15, 0.2) is 0 Å². The zero-order valence-electron chi connectivity index (χ0n) is 16.5. The van der Waals surface area contributed by atoms with E-state index in [1.807, 2.05) is 35.0 Å². The summed E-state index contributed by atoms with van der Waals surface area (Å²) in [6, 6.07) is 8.02. The summed E-state index contributed by atoms with van der Waals surface area (Å²) in [6.07, 6.45) is 5.97. The summed E-state index contributed by atoms with van der Waals surface area (Å²) in [5.41, 5.74) is 1.07. The van der Waals surface area contributed by atoms with Gasteiger partial charge in [0.2, 0.25) is 5.88 Å². The fraction of sp³-hybridized carbons (Fsp3) is 0.550. The molecule has 0 amide bonds. The summed E-state index contributed by atoms with van der Waals surface area (Å²) < 4.78 is 7.65. The van der Waals surface area contributed by atoms with Gasteiger partial charge >= 0.3 is 0 Å². The van der Waals surface area contributed by atoms with Crippen molar-refractivity contribution in [2.45, 2.75) is 33.1 Å². The summed E-state index contributed by atoms with van der Waals surface area (Å²) >= 11 is 0. The first kappa shape index (κ1) is 22.1. The molecule has 3 rings (SSSR count). The third-order valence-electron chi connectivity index (χ3n) is 4.14. The van der Waals surface area contributed by atoms with Crippen molar-refractivity contribution in [2.75, 3.05) is 32.8 Å². The molecule has 2 heterocycles. The lowest BCUT2D eigenvalue weighted by molar-refractivity contribution is -0.620. The predicted octanol–water partition coefficient (Wildman–Crippen LogP) is 3.20. The van der Waals surface area contributed by atoms with Gasteiger partial charge in [-0.2, -0.15) is 4.89 Å². The molecule has 0 radical (unpaired) electrons. The number of rotatable bonds is 11. The van der Waals surface area contributed by atoms with Gasteiger partial charge in [-0.1, -0.05) is 18.9 Å². The lowest BCUT2D eigenvalue weighted by atomic mass is 10.3. The highest BCUT2D eigenvalue weighted by molar-refractivity contribution is 5.48. The molecule has 1 fully saturated rings. The highest BCUT2D eigenvalue weighted by Crippen LogP contribution is 2.29. The van der Waals surface area contributed by atoms with E-state index >= 15 is 0 Å². The smallest absolute Gasteiger partial charge is 0.233 e. The van der Waals surface area contributed by atoms with Crippen LogP contribution in [0.4, 0.5) is 0 Å². The zero-order valence-corrected chi connectivity index (χ0v) is 16.5. The maximum Gasteiger partial charge on any atom is 0.233 e. The Morgan fingerprint density at radius 2 is 2.18 bits per heavy atom. The SMILES string of the molecule is CC#CCOOOO.CCCN(CCOc1cc2ccccn2n1)CC1CC1. The van der Waals surface area contributed by atoms with E-state index in [0.717, 1.165) is 30.5 Å². The Kier molecular flexibility index (Phi) is 10.4. The number of fused-ring (bicyclic) bond motifs is 1. The fourth-order valence-corrected chi connectivity index (χ4v) is 2.69. The van der Waals surface area contributed by atoms with E-state index in [4.69, 9.17) is 9.99 Å². The van der Waals surface area contributed by atoms with E-state index in [9.17, 15) is 0 Å². The highest BCUT2D eigenvalue weighted by atomic mass is 17.6. The number of nitrogens with zero attached hydrogens (tertiary/aromatic N) is 3. The Morgan fingerprint density at radius 1 is 1.32 bits per heavy atom. The first-order chi connectivity index (χ1) is 13.8. The van der Waals surface area contributed by atoms with Gasteiger partial charge in [-0.25, -0.2) is 9.77 Å². The van der Waals surface area contributed by atoms with Crippen LogP contribution in [-0.4, -0.2) is 52.6 Å². The van der Waals surface area contributed by atoms with Crippen molar-refractivity contribution in [3.8, 4) is 17.7 Å². The molecular formula is C20H29N3O5. The van der Waals surface area contributed by atoms with Gasteiger partial charge in [0.05, 0.1) is 5.52 Å². The monoisotopic (exact) mass is 391 g/mol. The van der Waals surface area contributed by atoms with Gasteiger partial charge in [0.1, 0.15) is 13.2 Å². The van der Waals surface area contributed by atoms with Crippen LogP contribution in [0.15, 0.2) is 30.5 Å². The minimum Gasteiger partial charge on any atom is -0.475 e. The third-order valence-corrected chi connectivity index (χ3v) is 4.14. The molecule has 8 nitrogen and oxygen atoms in total. The Morgan fingerprint density at radius 3 is 2.86 bits per heavy atom. The Labute approximate surface area is 165 Å². The molecule has 0 unspecified atom stereocenters. The molecule has 2 aromatic heterocycles. The topological polar surface area (TPSA) is 77.7 Å². The Bertz CT molecular complexity index is 703. The minimum atomic E-state index is 0.0804. The van der Waals surface area contributed by atoms with Gasteiger partial charge in [0.25, 0.3) is 0 Å². The molecule has 0 spiro atoms. The van der Waals surface area contributed by atoms with Crippen LogP contribution < -0.4 is 4.74 Å². The lowest BCUT2D eigenvalue weighted by Gasteiger charge is -2.21. The maximum atomic E-state index is 7.47. The van der Waals surface area contributed by atoms with Crippen molar-refractivity contribution >= 4 is 5.52 Å². The molecule has 0 aromatic carbocycles. The van der Waals surface area contributed by atoms with E-state index < -0.39 is 0 Å². The molecule has 28 heavy (non-hydrogen) atoms. The highest BCUT2D eigenvalue weighted by Gasteiger charge is 2.23. The molecule has 0 aliphatic heterocycles. The standard InChI is InChI=1S/C16H23N3O.C4H6O4/c1-2-8-18(13-14-6-7-14)10-11-20-16-12-15-5-3-4-9-19(15)17-16;1-2-3-4-6-8-7-5/h3-5,9,12,14H,2,6-8,10-11,13H2,1H3;5H,4H2,1H3. The van der Waals surface area contributed by atoms with E-state index in [-0.39, 0.29) is 6.61 Å². The van der Waals surface area contributed by atoms with Gasteiger partial charge in [-0.3, -0.25) is 4.90 Å². The minimum absolute atomic E-state index is 0.0804. The number of hydrogen-bond donors (Lipinski definition) is 1. The molecule has 1 aliphatic carbocycles. The van der Waals surface area contributed by atoms with Crippen molar-refractivity contribution in [3.63, 3.8) is 0 Å². The maximum absolute atomic E-state index is 7.47. The molecule has 2 aromatic rings. The first-order valence-electron chi connectivity index (χ1n) is 9.55. The molecule has 1 aliphatic rings. The Balaban J connectivity index is 0.000000300. The number of pyridine rings is 1. The molecule has 1 saturated carbocycles. The van der Waals surface area contributed by atoms with Crippen molar-refractivity contribution in [1.29, 1.82) is 0 Å². The number of ether oxygens (including phenoxy) is 1. The predicted molar refractivity (Wildman–Crippen MR) is 104 cm³/mol. The molecular weight excluding hydrogens is 362 g/mol. The quantitative estimate of drug-likeness (QED) is 0.273. The summed E-state index contributed by atoms with van der Waals surface area (Å²) in [7, 11) is 0. The second-order valence-electron chi connectivity index (χ2n) is 6.48. The average Bonchev–Trinajstić information content (AvgIpc) is 3.42. The van der Waals surface area contributed by atoms with Crippen LogP contribution in [-0.2, 0) is 15.0 Å². The summed E-state index contributed by atoms with van der Waals surface area (Å²) in [4.78, 5) is 6.60. The van der Waals surface area contributed by atoms with E-state index in [2.05, 4.69) is 43.7 Å². The molecule has 154 valence electrons. The van der Waals surface area contributed by atoms with Gasteiger partial charge in [0, 0.05) is 25.4 Å². The largest absolute Gasteiger partial charge is 0.475 e. The van der Waals surface area contributed by atoms with E-state index in [1.54, 1.807) is 6.92 Å². The van der Waals surface area contributed by atoms with Crippen LogP contribution in [0.2, 0.25) is 0 Å². The number of aromatic nitrogens is 2. The van der Waals surface area contributed by atoms with E-state index in [0.29, 0.717) is 0 Å². The van der Waals surface area contributed by atoms with Crippen molar-refractivity contribution in [2.24, 2.45) is 5.92 Å². The average molecular weight is 391 g/mol. The van der Waals surface area contributed by atoms with Crippen molar-refractivity contribution in [3.05, 3.63) is 30.5 Å². The zero-order chi connectivity index (χ0) is 20.0.